The van der Waals surface area contributed by atoms with Crippen LogP contribution < -0.4 is 0 Å². The summed E-state index contributed by atoms with van der Waals surface area (Å²) >= 11 is 0. The molecule has 0 spiro atoms. The van der Waals surface area contributed by atoms with Crippen molar-refractivity contribution in [3.8, 4) is 0 Å². The van der Waals surface area contributed by atoms with E-state index >= 15 is 0 Å². The lowest BCUT2D eigenvalue weighted by atomic mass is 10.1. The molecule has 0 saturated heterocycles. The van der Waals surface area contributed by atoms with Crippen LogP contribution in [-0.4, -0.2) is 27.8 Å². The molecule has 1 aliphatic heterocycles. The molecule has 0 radical (unpaired) electrons. The van der Waals surface area contributed by atoms with Crippen LogP contribution in [0.15, 0.2) is 42.5 Å². The number of fused-ring (bicyclic) bond motifs is 2. The summed E-state index contributed by atoms with van der Waals surface area (Å²) in [5.74, 6) is -2.06. The summed E-state index contributed by atoms with van der Waals surface area (Å²) in [6, 6.07) is 12.1. The number of aromatic nitrogens is 1. The highest BCUT2D eigenvalue weighted by molar-refractivity contribution is 6.21. The van der Waals surface area contributed by atoms with Crippen LogP contribution in [0.4, 0.5) is 0 Å². The predicted molar refractivity (Wildman–Crippen MR) is 90.1 cm³/mol. The highest BCUT2D eigenvalue weighted by Crippen LogP contribution is 2.26. The number of nitrogens with one attached hydrogen (secondary N) is 1. The molecular weight excluding hydrogens is 320 g/mol. The van der Waals surface area contributed by atoms with Crippen LogP contribution in [0.1, 0.15) is 42.3 Å². The van der Waals surface area contributed by atoms with Crippen molar-refractivity contribution < 1.29 is 19.2 Å². The summed E-state index contributed by atoms with van der Waals surface area (Å²) in [4.78, 5) is 45.2. The third kappa shape index (κ3) is 2.22. The molecule has 124 valence electrons. The van der Waals surface area contributed by atoms with Gasteiger partial charge in [0.15, 0.2) is 0 Å². The number of hydroxylamine groups is 2. The molecule has 3 aromatic rings. The summed E-state index contributed by atoms with van der Waals surface area (Å²) in [6.45, 7) is 3.75. The number of carbonyl (C=O) groups is 3. The zero-order valence-corrected chi connectivity index (χ0v) is 13.6. The molecule has 0 unspecified atom stereocenters. The van der Waals surface area contributed by atoms with Crippen molar-refractivity contribution in [1.82, 2.24) is 10.0 Å². The molecule has 0 atom stereocenters. The maximum absolute atomic E-state index is 12.5. The number of hydrogen-bond acceptors (Lipinski definition) is 4. The number of aryl methyl sites for hydroxylation is 2. The third-order valence-corrected chi connectivity index (χ3v) is 4.35. The van der Waals surface area contributed by atoms with Gasteiger partial charge in [-0.3, -0.25) is 9.59 Å². The number of amides is 2. The van der Waals surface area contributed by atoms with Gasteiger partial charge in [0.25, 0.3) is 11.8 Å². The van der Waals surface area contributed by atoms with Gasteiger partial charge >= 0.3 is 5.97 Å². The molecule has 0 fully saturated rings. The van der Waals surface area contributed by atoms with Gasteiger partial charge in [-0.2, -0.15) is 0 Å². The van der Waals surface area contributed by atoms with Gasteiger partial charge in [0.05, 0.1) is 11.1 Å². The Hall–Kier alpha value is -3.41. The van der Waals surface area contributed by atoms with E-state index in [9.17, 15) is 14.4 Å². The summed E-state index contributed by atoms with van der Waals surface area (Å²) in [6.07, 6.45) is 0. The Bertz CT molecular complexity index is 1030. The number of imide groups is 1. The van der Waals surface area contributed by atoms with Crippen molar-refractivity contribution in [2.75, 3.05) is 0 Å². The van der Waals surface area contributed by atoms with E-state index in [1.807, 2.05) is 25.1 Å². The number of nitrogens with zero attached hydrogens (tertiary/aromatic N) is 1. The highest BCUT2D eigenvalue weighted by atomic mass is 16.7. The molecule has 6 heteroatoms. The SMILES string of the molecule is Cc1ccc2[nH]c(C(=O)ON3C(=O)c4ccccc4C3=O)c(C)c2c1. The summed E-state index contributed by atoms with van der Waals surface area (Å²) < 4.78 is 0. The van der Waals surface area contributed by atoms with Crippen molar-refractivity contribution in [2.45, 2.75) is 13.8 Å². The van der Waals surface area contributed by atoms with E-state index in [1.165, 1.54) is 12.1 Å². The van der Waals surface area contributed by atoms with Gasteiger partial charge in [-0.25, -0.2) is 4.79 Å². The number of H-pyrrole nitrogens is 1. The normalized spacial score (nSPS) is 13.4. The number of rotatable bonds is 2. The van der Waals surface area contributed by atoms with Crippen LogP contribution in [0.3, 0.4) is 0 Å². The van der Waals surface area contributed by atoms with Crippen molar-refractivity contribution in [3.05, 3.63) is 70.4 Å². The van der Waals surface area contributed by atoms with Crippen LogP contribution in [0.25, 0.3) is 10.9 Å². The van der Waals surface area contributed by atoms with E-state index in [0.717, 1.165) is 16.5 Å². The first-order valence-corrected chi connectivity index (χ1v) is 7.76. The minimum atomic E-state index is -0.777. The zero-order chi connectivity index (χ0) is 17.7. The Kier molecular flexibility index (Phi) is 3.21. The van der Waals surface area contributed by atoms with Crippen LogP contribution in [0.2, 0.25) is 0 Å². The van der Waals surface area contributed by atoms with Crippen LogP contribution in [-0.2, 0) is 4.84 Å². The fourth-order valence-electron chi connectivity index (χ4n) is 3.02. The molecule has 0 aliphatic carbocycles. The maximum atomic E-state index is 12.5. The fraction of sp³-hybridized carbons (Fsp3) is 0.105. The molecule has 2 amide bonds. The second-order valence-corrected chi connectivity index (χ2v) is 6.00. The van der Waals surface area contributed by atoms with Gasteiger partial charge in [-0.15, -0.1) is 0 Å². The number of aromatic amines is 1. The lowest BCUT2D eigenvalue weighted by Gasteiger charge is -2.12. The van der Waals surface area contributed by atoms with E-state index in [2.05, 4.69) is 4.98 Å². The lowest BCUT2D eigenvalue weighted by molar-refractivity contribution is -0.0588. The van der Waals surface area contributed by atoms with Crippen LogP contribution in [0, 0.1) is 13.8 Å². The smallest absolute Gasteiger partial charge is 0.349 e. The monoisotopic (exact) mass is 334 g/mol. The van der Waals surface area contributed by atoms with E-state index in [-0.39, 0.29) is 16.8 Å². The molecule has 4 rings (SSSR count). The van der Waals surface area contributed by atoms with Gasteiger partial charge in [-0.05, 0) is 43.7 Å². The molecule has 0 saturated carbocycles. The molecule has 2 heterocycles. The average molecular weight is 334 g/mol. The van der Waals surface area contributed by atoms with Crippen molar-refractivity contribution in [3.63, 3.8) is 0 Å². The Morgan fingerprint density at radius 2 is 1.64 bits per heavy atom. The minimum Gasteiger partial charge on any atom is -0.349 e. The topological polar surface area (TPSA) is 79.5 Å². The first-order valence-electron chi connectivity index (χ1n) is 7.76. The van der Waals surface area contributed by atoms with Gasteiger partial charge in [0, 0.05) is 10.9 Å². The molecule has 6 nitrogen and oxygen atoms in total. The molecule has 0 bridgehead atoms. The van der Waals surface area contributed by atoms with Crippen LogP contribution >= 0.6 is 0 Å². The Morgan fingerprint density at radius 3 is 2.28 bits per heavy atom. The molecule has 2 aromatic carbocycles. The van der Waals surface area contributed by atoms with Gasteiger partial charge < -0.3 is 9.82 Å². The van der Waals surface area contributed by atoms with Crippen molar-refractivity contribution >= 4 is 28.7 Å². The number of carbonyl (C=O) groups excluding carboxylic acids is 3. The highest BCUT2D eigenvalue weighted by Gasteiger charge is 2.39. The summed E-state index contributed by atoms with van der Waals surface area (Å²) in [5.41, 5.74) is 3.23. The number of benzene rings is 2. The average Bonchev–Trinajstić information content (AvgIpc) is 3.05. The first-order chi connectivity index (χ1) is 12.0. The van der Waals surface area contributed by atoms with Gasteiger partial charge in [-0.1, -0.05) is 28.8 Å². The molecular formula is C19H14N2O4. The van der Waals surface area contributed by atoms with E-state index < -0.39 is 17.8 Å². The van der Waals surface area contributed by atoms with E-state index in [4.69, 9.17) is 4.84 Å². The Morgan fingerprint density at radius 1 is 1.00 bits per heavy atom. The van der Waals surface area contributed by atoms with Crippen molar-refractivity contribution in [1.29, 1.82) is 0 Å². The van der Waals surface area contributed by atoms with Crippen molar-refractivity contribution in [2.24, 2.45) is 0 Å². The van der Waals surface area contributed by atoms with E-state index in [0.29, 0.717) is 10.6 Å². The van der Waals surface area contributed by atoms with E-state index in [1.54, 1.807) is 19.1 Å². The standard InChI is InChI=1S/C19H14N2O4/c1-10-7-8-15-14(9-10)11(2)16(20-15)19(24)25-21-17(22)12-5-3-4-6-13(12)18(21)23/h3-9,20H,1-2H3. The lowest BCUT2D eigenvalue weighted by Crippen LogP contribution is -2.33. The Labute approximate surface area is 143 Å². The predicted octanol–water partition coefficient (Wildman–Crippen LogP) is 3.15. The third-order valence-electron chi connectivity index (χ3n) is 4.35. The first kappa shape index (κ1) is 15.1. The molecule has 25 heavy (non-hydrogen) atoms. The zero-order valence-electron chi connectivity index (χ0n) is 13.6. The largest absolute Gasteiger partial charge is 0.380 e. The summed E-state index contributed by atoms with van der Waals surface area (Å²) in [7, 11) is 0. The quantitative estimate of drug-likeness (QED) is 0.730. The minimum absolute atomic E-state index is 0.220. The maximum Gasteiger partial charge on any atom is 0.380 e. The summed E-state index contributed by atoms with van der Waals surface area (Å²) in [5, 5.41) is 1.41. The van der Waals surface area contributed by atoms with Gasteiger partial charge in [0.2, 0.25) is 0 Å². The molecule has 1 aromatic heterocycles. The second kappa shape index (κ2) is 5.31. The Balaban J connectivity index is 1.67. The second-order valence-electron chi connectivity index (χ2n) is 6.00. The molecule has 1 aliphatic rings. The number of hydrogen-bond donors (Lipinski definition) is 1. The fourth-order valence-corrected chi connectivity index (χ4v) is 3.02. The molecule has 1 N–H and O–H groups in total. The van der Waals surface area contributed by atoms with Crippen LogP contribution in [0.5, 0.6) is 0 Å². The van der Waals surface area contributed by atoms with Gasteiger partial charge in [0.1, 0.15) is 5.69 Å².